The molecule has 27 aromatic rings. The van der Waals surface area contributed by atoms with Crippen LogP contribution in [0.5, 0.6) is 0 Å². The average molecular weight is 1840 g/mol. The van der Waals surface area contributed by atoms with Crippen LogP contribution < -0.4 is 14.7 Å². The van der Waals surface area contributed by atoms with Crippen molar-refractivity contribution in [2.75, 3.05) is 14.7 Å². The van der Waals surface area contributed by atoms with Gasteiger partial charge in [-0.2, -0.15) is 0 Å². The Bertz CT molecular complexity index is 8900. The molecule has 0 spiro atoms. The lowest BCUT2D eigenvalue weighted by Crippen LogP contribution is -2.10. The summed E-state index contributed by atoms with van der Waals surface area (Å²) in [4.78, 5) is 7.13. The normalized spacial score (nSPS) is 11.3. The van der Waals surface area contributed by atoms with E-state index in [2.05, 4.69) is 611 Å². The van der Waals surface area contributed by atoms with Crippen LogP contribution in [0.4, 0.5) is 51.2 Å². The number of rotatable bonds is 18. The van der Waals surface area contributed by atoms with Gasteiger partial charge in [0.1, 0.15) is 0 Å². The number of hydrogen-bond donors (Lipinski definition) is 0. The molecule has 678 valence electrons. The number of nitrogens with zero attached hydrogens (tertiary/aromatic N) is 6. The summed E-state index contributed by atoms with van der Waals surface area (Å²) in [5.74, 6) is 0. The van der Waals surface area contributed by atoms with Crippen LogP contribution >= 0.6 is 0 Å². The summed E-state index contributed by atoms with van der Waals surface area (Å²) in [6.07, 6.45) is 0. The quantitative estimate of drug-likeness (QED) is 0.0856. The third-order valence-corrected chi connectivity index (χ3v) is 28.1. The molecule has 0 N–H and O–H groups in total. The van der Waals surface area contributed by atoms with Crippen LogP contribution in [-0.2, 0) is 0 Å². The van der Waals surface area contributed by atoms with Crippen LogP contribution in [0.3, 0.4) is 0 Å². The van der Waals surface area contributed by atoms with Crippen molar-refractivity contribution in [3.8, 4) is 83.8 Å². The van der Waals surface area contributed by atoms with E-state index in [0.29, 0.717) is 0 Å². The SMILES string of the molecule is c1ccc(-c2ccc(N(c3ccc(-c4ccccc4)cc3)c3ccc4c(ccc5c6ccccc6n(-c6ccccc6)c45)c3)cc2)cc1.c1ccc(-c2ccc(N(c3ccc(-c4ccccc4)cc3)c3ccc4ccc5c6ccccc6n(-c6ccccc6)c5c4c3)cc2)cc1.c1ccc(-c2ccc(N(c3ccc(-c4ccccc4)cc3)c3cccc4c3ccc3c5ccccc5n(-c5ccccc5)c43)cc2)cc1. The molecule has 0 aliphatic rings. The van der Waals surface area contributed by atoms with E-state index >= 15 is 0 Å². The molecule has 0 saturated heterocycles. The topological polar surface area (TPSA) is 24.5 Å². The second-order valence-electron chi connectivity index (χ2n) is 36.6. The summed E-state index contributed by atoms with van der Waals surface area (Å²) >= 11 is 0. The number of aromatic nitrogens is 3. The number of fused-ring (bicyclic) bond motifs is 15. The first-order valence-corrected chi connectivity index (χ1v) is 49.3. The number of anilines is 9. The Morgan fingerprint density at radius 2 is 0.333 bits per heavy atom. The van der Waals surface area contributed by atoms with E-state index in [1.165, 1.54) is 170 Å². The van der Waals surface area contributed by atoms with Gasteiger partial charge in [-0.1, -0.05) is 425 Å². The number of para-hydroxylation sites is 6. The van der Waals surface area contributed by atoms with Crippen LogP contribution in [0.2, 0.25) is 0 Å². The van der Waals surface area contributed by atoms with Crippen molar-refractivity contribution in [1.82, 2.24) is 13.7 Å². The first-order chi connectivity index (χ1) is 71.5. The lowest BCUT2D eigenvalue weighted by atomic mass is 10.0. The summed E-state index contributed by atoms with van der Waals surface area (Å²) < 4.78 is 7.25. The van der Waals surface area contributed by atoms with Gasteiger partial charge in [0.2, 0.25) is 0 Å². The Morgan fingerprint density at radius 3 is 0.667 bits per heavy atom. The van der Waals surface area contributed by atoms with Crippen LogP contribution in [0.15, 0.2) is 582 Å². The molecule has 6 nitrogen and oxygen atoms in total. The highest BCUT2D eigenvalue weighted by atomic mass is 15.2. The molecule has 3 aromatic heterocycles. The molecule has 3 heterocycles. The number of benzene rings is 24. The van der Waals surface area contributed by atoms with Gasteiger partial charge in [-0.25, -0.2) is 0 Å². The molecule has 27 rings (SSSR count). The zero-order chi connectivity index (χ0) is 95.6. The minimum Gasteiger partial charge on any atom is -0.310 e. The van der Waals surface area contributed by atoms with Gasteiger partial charge >= 0.3 is 0 Å². The molecule has 0 unspecified atom stereocenters. The maximum atomic E-state index is 2.42. The fourth-order valence-corrected chi connectivity index (χ4v) is 21.3. The zero-order valence-corrected chi connectivity index (χ0v) is 79.1. The van der Waals surface area contributed by atoms with Gasteiger partial charge in [0, 0.05) is 116 Å². The summed E-state index contributed by atoms with van der Waals surface area (Å²) in [6.45, 7) is 0. The molecule has 24 aromatic carbocycles. The fourth-order valence-electron chi connectivity index (χ4n) is 21.3. The lowest BCUT2D eigenvalue weighted by Gasteiger charge is -2.27. The summed E-state index contributed by atoms with van der Waals surface area (Å²) in [7, 11) is 0. The van der Waals surface area contributed by atoms with E-state index in [1.54, 1.807) is 0 Å². The van der Waals surface area contributed by atoms with Gasteiger partial charge in [0.25, 0.3) is 0 Å². The second kappa shape index (κ2) is 38.3. The smallest absolute Gasteiger partial charge is 0.0620 e. The minimum absolute atomic E-state index is 1.11. The van der Waals surface area contributed by atoms with Crippen molar-refractivity contribution in [1.29, 1.82) is 0 Å². The molecule has 0 atom stereocenters. The van der Waals surface area contributed by atoms with Gasteiger partial charge in [-0.3, -0.25) is 0 Å². The molecule has 0 fully saturated rings. The van der Waals surface area contributed by atoms with Crippen molar-refractivity contribution in [3.63, 3.8) is 0 Å². The molecule has 0 aliphatic carbocycles. The van der Waals surface area contributed by atoms with Gasteiger partial charge in [0.05, 0.1) is 38.8 Å². The maximum Gasteiger partial charge on any atom is 0.0620 e. The summed E-state index contributed by atoms with van der Waals surface area (Å²) in [5, 5.41) is 14.8. The molecule has 0 radical (unpaired) electrons. The molecule has 0 saturated carbocycles. The largest absolute Gasteiger partial charge is 0.310 e. The van der Waals surface area contributed by atoms with Crippen molar-refractivity contribution >= 4 is 149 Å². The average Bonchev–Trinajstić information content (AvgIpc) is 1.57. The van der Waals surface area contributed by atoms with E-state index in [4.69, 9.17) is 0 Å². The second-order valence-corrected chi connectivity index (χ2v) is 36.6. The highest BCUT2D eigenvalue weighted by molar-refractivity contribution is 6.23. The van der Waals surface area contributed by atoms with Crippen LogP contribution in [0.25, 0.3) is 182 Å². The molecular weight excluding hydrogens is 1740 g/mol. The third kappa shape index (κ3) is 16.5. The molecule has 144 heavy (non-hydrogen) atoms. The summed E-state index contributed by atoms with van der Waals surface area (Å²) in [5.41, 5.74) is 35.3. The van der Waals surface area contributed by atoms with Gasteiger partial charge in [-0.05, 0) is 235 Å². The van der Waals surface area contributed by atoms with E-state index in [9.17, 15) is 0 Å². The van der Waals surface area contributed by atoms with E-state index in [-0.39, 0.29) is 0 Å². The minimum atomic E-state index is 1.11. The number of hydrogen-bond acceptors (Lipinski definition) is 3. The Kier molecular flexibility index (Phi) is 23.0. The van der Waals surface area contributed by atoms with Crippen molar-refractivity contribution in [2.45, 2.75) is 0 Å². The van der Waals surface area contributed by atoms with Crippen LogP contribution in [0, 0.1) is 0 Å². The molecule has 6 heteroatoms. The van der Waals surface area contributed by atoms with Crippen molar-refractivity contribution < 1.29 is 0 Å². The van der Waals surface area contributed by atoms with Crippen molar-refractivity contribution in [3.05, 3.63) is 582 Å². The van der Waals surface area contributed by atoms with Gasteiger partial charge in [-0.15, -0.1) is 0 Å². The van der Waals surface area contributed by atoms with E-state index in [0.717, 1.165) is 62.6 Å². The van der Waals surface area contributed by atoms with E-state index in [1.807, 2.05) is 0 Å². The van der Waals surface area contributed by atoms with Gasteiger partial charge < -0.3 is 28.4 Å². The molecular formula is C138H96N6. The first-order valence-electron chi connectivity index (χ1n) is 49.3. The zero-order valence-electron chi connectivity index (χ0n) is 79.1. The Balaban J connectivity index is 0.000000113. The highest BCUT2D eigenvalue weighted by Crippen LogP contribution is 2.49. The van der Waals surface area contributed by atoms with E-state index < -0.39 is 0 Å². The van der Waals surface area contributed by atoms with Crippen LogP contribution in [0.1, 0.15) is 0 Å². The predicted molar refractivity (Wildman–Crippen MR) is 612 cm³/mol. The molecule has 0 aliphatic heterocycles. The third-order valence-electron chi connectivity index (χ3n) is 28.1. The van der Waals surface area contributed by atoms with Gasteiger partial charge in [0.15, 0.2) is 0 Å². The Labute approximate surface area is 837 Å². The Morgan fingerprint density at radius 1 is 0.118 bits per heavy atom. The molecule has 0 amide bonds. The highest BCUT2D eigenvalue weighted by Gasteiger charge is 2.25. The maximum absolute atomic E-state index is 2.42. The van der Waals surface area contributed by atoms with Crippen molar-refractivity contribution in [2.24, 2.45) is 0 Å². The fraction of sp³-hybridized carbons (Fsp3) is 0. The predicted octanol–water partition coefficient (Wildman–Crippen LogP) is 38.2. The Hall–Kier alpha value is -19.1. The summed E-state index contributed by atoms with van der Waals surface area (Å²) in [6, 6.07) is 209. The standard InChI is InChI=1S/3C46H32N2/c1-4-13-33(14-5-1)35-23-27-38(28-24-35)47(39-29-25-36(26-30-39)34-15-6-2-7-16-34)44-22-12-20-42-41(44)31-32-43-40-19-10-11-21-45(40)48(46(42)43)37-17-8-3-9-18-37;1-4-12-33(13-5-1)35-20-26-39(27-21-35)47(40-28-22-36(23-29-40)34-14-6-2-7-15-34)41-30-24-37-25-31-43-42-18-10-11-19-45(42)48(46(43)44(37)32-41)38-16-8-3-9-17-38;1-4-12-33(13-5-1)35-20-25-39(26-21-35)47(40-27-22-36(23-28-40)34-14-6-2-7-15-34)41-29-31-42-37(32-41)24-30-44-43-18-10-11-19-45(43)48(46(42)44)38-16-8-3-9-17-38/h3*1-32H. The monoisotopic (exact) mass is 1840 g/mol. The molecule has 0 bridgehead atoms. The lowest BCUT2D eigenvalue weighted by molar-refractivity contribution is 1.19. The first kappa shape index (κ1) is 86.4. The van der Waals surface area contributed by atoms with Crippen LogP contribution in [-0.4, -0.2) is 13.7 Å².